The number of nitrogens with two attached hydrogens (primary N) is 1. The van der Waals surface area contributed by atoms with Crippen LogP contribution in [0.4, 0.5) is 19.1 Å². The number of anilines is 1. The van der Waals surface area contributed by atoms with E-state index in [-0.39, 0.29) is 35.9 Å². The number of aromatic nitrogens is 2. The number of carbonyl (C=O) groups excluding carboxylic acids is 1. The largest absolute Gasteiger partial charge is 0.368 e. The van der Waals surface area contributed by atoms with Gasteiger partial charge in [-0.05, 0) is 38.8 Å². The second kappa shape index (κ2) is 10.5. The van der Waals surface area contributed by atoms with E-state index >= 15 is 0 Å². The van der Waals surface area contributed by atoms with Gasteiger partial charge in [0.15, 0.2) is 0 Å². The van der Waals surface area contributed by atoms with Crippen molar-refractivity contribution in [3.05, 3.63) is 53.1 Å². The molecule has 10 heteroatoms. The van der Waals surface area contributed by atoms with E-state index in [0.717, 1.165) is 38.0 Å². The van der Waals surface area contributed by atoms with Gasteiger partial charge >= 0.3 is 0 Å². The van der Waals surface area contributed by atoms with Crippen molar-refractivity contribution >= 4 is 11.9 Å². The lowest BCUT2D eigenvalue weighted by molar-refractivity contribution is -0.138. The predicted octanol–water partition coefficient (Wildman–Crippen LogP) is 2.47. The van der Waals surface area contributed by atoms with Crippen LogP contribution in [0.2, 0.25) is 0 Å². The highest BCUT2D eigenvalue weighted by atomic mass is 19.1. The third kappa shape index (κ3) is 6.00. The molecule has 178 valence electrons. The summed E-state index contributed by atoms with van der Waals surface area (Å²) in [5.41, 5.74) is 6.37. The van der Waals surface area contributed by atoms with Crippen molar-refractivity contribution < 1.29 is 18.0 Å². The molecule has 2 aliphatic heterocycles. The molecule has 0 bridgehead atoms. The van der Waals surface area contributed by atoms with Gasteiger partial charge in [-0.1, -0.05) is 0 Å². The maximum atomic E-state index is 13.8. The number of hydrogen-bond donors (Lipinski definition) is 2. The summed E-state index contributed by atoms with van der Waals surface area (Å²) >= 11 is 0. The topological polar surface area (TPSA) is 87.4 Å². The van der Waals surface area contributed by atoms with Crippen LogP contribution in [0, 0.1) is 23.4 Å². The molecular formula is C23H29F3N6O. The number of carbonyl (C=O) groups is 1. The molecule has 33 heavy (non-hydrogen) atoms. The van der Waals surface area contributed by atoms with Gasteiger partial charge in [-0.2, -0.15) is 0 Å². The number of likely N-dealkylation sites (tertiary alicyclic amines) is 2. The summed E-state index contributed by atoms with van der Waals surface area (Å²) in [6.07, 6.45) is 6.53. The van der Waals surface area contributed by atoms with E-state index < -0.39 is 17.5 Å². The van der Waals surface area contributed by atoms with Crippen molar-refractivity contribution in [1.82, 2.24) is 25.1 Å². The fourth-order valence-electron chi connectivity index (χ4n) is 4.59. The lowest BCUT2D eigenvalue weighted by Crippen LogP contribution is -2.48. The predicted molar refractivity (Wildman–Crippen MR) is 117 cm³/mol. The molecule has 1 amide bonds. The quantitative estimate of drug-likeness (QED) is 0.686. The van der Waals surface area contributed by atoms with Crippen LogP contribution >= 0.6 is 0 Å². The molecule has 0 radical (unpaired) electrons. The molecule has 7 nitrogen and oxygen atoms in total. The van der Waals surface area contributed by atoms with Crippen LogP contribution in [0.25, 0.3) is 0 Å². The zero-order valence-electron chi connectivity index (χ0n) is 18.4. The van der Waals surface area contributed by atoms with E-state index in [1.807, 2.05) is 4.90 Å². The minimum Gasteiger partial charge on any atom is -0.368 e. The summed E-state index contributed by atoms with van der Waals surface area (Å²) in [5.74, 6) is -2.22. The van der Waals surface area contributed by atoms with Gasteiger partial charge in [-0.25, -0.2) is 23.1 Å². The Kier molecular flexibility index (Phi) is 7.44. The van der Waals surface area contributed by atoms with Crippen molar-refractivity contribution in [3.8, 4) is 0 Å². The normalized spacial score (nSPS) is 18.6. The van der Waals surface area contributed by atoms with E-state index in [1.54, 1.807) is 12.4 Å². The second-order valence-electron chi connectivity index (χ2n) is 8.83. The Hall–Kier alpha value is -2.72. The zero-order chi connectivity index (χ0) is 23.4. The number of hydrogen-bond acceptors (Lipinski definition) is 6. The highest BCUT2D eigenvalue weighted by Crippen LogP contribution is 2.23. The molecule has 2 aromatic rings. The molecule has 2 aliphatic rings. The summed E-state index contributed by atoms with van der Waals surface area (Å²) in [6, 6.07) is 1.44. The summed E-state index contributed by atoms with van der Waals surface area (Å²) in [4.78, 5) is 25.2. The van der Waals surface area contributed by atoms with Crippen LogP contribution in [-0.2, 0) is 17.9 Å². The highest BCUT2D eigenvalue weighted by molar-refractivity contribution is 5.79. The average Bonchev–Trinajstić information content (AvgIpc) is 2.80. The van der Waals surface area contributed by atoms with Gasteiger partial charge in [0.05, 0.1) is 0 Å². The molecule has 0 atom stereocenters. The van der Waals surface area contributed by atoms with Crippen molar-refractivity contribution in [3.63, 3.8) is 0 Å². The third-order valence-corrected chi connectivity index (χ3v) is 6.55. The maximum Gasteiger partial charge on any atom is 0.225 e. The summed E-state index contributed by atoms with van der Waals surface area (Å²) in [7, 11) is 0. The van der Waals surface area contributed by atoms with Crippen molar-refractivity contribution in [2.75, 3.05) is 31.9 Å². The van der Waals surface area contributed by atoms with Crippen LogP contribution in [0.5, 0.6) is 0 Å². The lowest BCUT2D eigenvalue weighted by atomic mass is 9.93. The smallest absolute Gasteiger partial charge is 0.225 e. The Morgan fingerprint density at radius 3 is 2.21 bits per heavy atom. The minimum atomic E-state index is -0.925. The molecule has 3 N–H and O–H groups in total. The third-order valence-electron chi connectivity index (χ3n) is 6.55. The van der Waals surface area contributed by atoms with Crippen LogP contribution < -0.4 is 11.1 Å². The summed E-state index contributed by atoms with van der Waals surface area (Å²) < 4.78 is 40.7. The van der Waals surface area contributed by atoms with Crippen LogP contribution in [0.15, 0.2) is 24.5 Å². The number of halogens is 3. The number of nitrogen functional groups attached to an aromatic ring is 1. The minimum absolute atomic E-state index is 0.00589. The number of benzene rings is 1. The molecule has 1 aromatic heterocycles. The van der Waals surface area contributed by atoms with Crippen molar-refractivity contribution in [2.24, 2.45) is 5.92 Å². The number of piperidine rings is 2. The Morgan fingerprint density at radius 1 is 1.00 bits per heavy atom. The molecule has 0 saturated carbocycles. The SMILES string of the molecule is Nc1ncc(CN2CCC(C(=O)N3CCC(NCc4c(F)cc(F)cc4F)CC3)CC2)cn1. The Morgan fingerprint density at radius 2 is 1.61 bits per heavy atom. The molecule has 0 spiro atoms. The first kappa shape index (κ1) is 23.4. The zero-order valence-corrected chi connectivity index (χ0v) is 18.4. The number of nitrogens with one attached hydrogen (secondary N) is 1. The van der Waals surface area contributed by atoms with E-state index in [9.17, 15) is 18.0 Å². The van der Waals surface area contributed by atoms with Crippen LogP contribution in [0.3, 0.4) is 0 Å². The Labute approximate surface area is 191 Å². The van der Waals surface area contributed by atoms with Gasteiger partial charge in [0.1, 0.15) is 17.5 Å². The molecule has 0 unspecified atom stereocenters. The molecule has 2 fully saturated rings. The van der Waals surface area contributed by atoms with E-state index in [4.69, 9.17) is 5.73 Å². The van der Waals surface area contributed by atoms with Gasteiger partial charge in [0.25, 0.3) is 0 Å². The highest BCUT2D eigenvalue weighted by Gasteiger charge is 2.31. The molecular weight excluding hydrogens is 433 g/mol. The summed E-state index contributed by atoms with van der Waals surface area (Å²) in [5, 5.41) is 3.15. The fraction of sp³-hybridized carbons (Fsp3) is 0.522. The van der Waals surface area contributed by atoms with E-state index in [2.05, 4.69) is 20.2 Å². The van der Waals surface area contributed by atoms with Gasteiger partial charge in [0.2, 0.25) is 11.9 Å². The molecule has 3 heterocycles. The lowest BCUT2D eigenvalue weighted by Gasteiger charge is -2.37. The number of nitrogens with zero attached hydrogens (tertiary/aromatic N) is 4. The Bertz CT molecular complexity index is 934. The first-order valence-electron chi connectivity index (χ1n) is 11.3. The second-order valence-corrected chi connectivity index (χ2v) is 8.83. The summed E-state index contributed by atoms with van der Waals surface area (Å²) in [6.45, 7) is 3.66. The van der Waals surface area contributed by atoms with E-state index in [0.29, 0.717) is 38.1 Å². The van der Waals surface area contributed by atoms with Crippen LogP contribution in [0.1, 0.15) is 36.8 Å². The van der Waals surface area contributed by atoms with Gasteiger partial charge in [-0.15, -0.1) is 0 Å². The van der Waals surface area contributed by atoms with Gasteiger partial charge in [-0.3, -0.25) is 9.69 Å². The van der Waals surface area contributed by atoms with E-state index in [1.165, 1.54) is 0 Å². The molecule has 2 saturated heterocycles. The Balaban J connectivity index is 1.19. The number of amides is 1. The monoisotopic (exact) mass is 462 g/mol. The standard InChI is InChI=1S/C23H29F3N6O/c24-17-9-20(25)19(21(26)10-17)13-28-18-3-7-32(8-4-18)22(33)16-1-5-31(6-2-16)14-15-11-29-23(27)30-12-15/h9-12,16,18,28H,1-8,13-14H2,(H2,27,29,30). The fourth-order valence-corrected chi connectivity index (χ4v) is 4.59. The van der Waals surface area contributed by atoms with Crippen molar-refractivity contribution in [1.29, 1.82) is 0 Å². The van der Waals surface area contributed by atoms with Crippen molar-refractivity contribution in [2.45, 2.75) is 44.8 Å². The first-order valence-corrected chi connectivity index (χ1v) is 11.3. The molecule has 4 rings (SSSR count). The number of rotatable bonds is 6. The maximum absolute atomic E-state index is 13.8. The molecule has 0 aliphatic carbocycles. The molecule has 1 aromatic carbocycles. The van der Waals surface area contributed by atoms with Gasteiger partial charge in [0, 0.05) is 73.8 Å². The van der Waals surface area contributed by atoms with Gasteiger partial charge < -0.3 is 16.0 Å². The first-order chi connectivity index (χ1) is 15.9. The average molecular weight is 463 g/mol. The van der Waals surface area contributed by atoms with Crippen LogP contribution in [-0.4, -0.2) is 57.9 Å².